The molecule has 1 aromatic carbocycles. The molecule has 0 saturated carbocycles. The maximum atomic E-state index is 13.3. The van der Waals surface area contributed by atoms with Crippen molar-refractivity contribution in [3.63, 3.8) is 0 Å². The summed E-state index contributed by atoms with van der Waals surface area (Å²) in [5.41, 5.74) is 0. The Hall–Kier alpha value is -1.18. The van der Waals surface area contributed by atoms with Gasteiger partial charge in [0.2, 0.25) is 10.0 Å². The predicted molar refractivity (Wildman–Crippen MR) is 69.2 cm³/mol. The number of halogens is 1. The number of benzene rings is 1. The number of sulfonamides is 1. The summed E-state index contributed by atoms with van der Waals surface area (Å²) in [6.07, 6.45) is 0. The first-order valence-corrected chi connectivity index (χ1v) is 7.46. The van der Waals surface area contributed by atoms with E-state index in [1.165, 1.54) is 23.5 Å². The van der Waals surface area contributed by atoms with Crippen molar-refractivity contribution < 1.29 is 17.5 Å². The molecule has 0 amide bonds. The lowest BCUT2D eigenvalue weighted by Gasteiger charge is -2.31. The zero-order chi connectivity index (χ0) is 14.0. The Bertz CT molecular complexity index is 562. The van der Waals surface area contributed by atoms with Crippen molar-refractivity contribution in [1.29, 1.82) is 0 Å². The molecule has 1 aromatic rings. The topological polar surface area (TPSA) is 58.6 Å². The smallest absolute Gasteiger partial charge is 0.243 e. The molecule has 1 fully saturated rings. The number of nitrogens with zero attached hydrogens (tertiary/aromatic N) is 1. The third kappa shape index (κ3) is 2.88. The zero-order valence-corrected chi connectivity index (χ0v) is 11.7. The first-order valence-electron chi connectivity index (χ1n) is 6.02. The van der Waals surface area contributed by atoms with Crippen molar-refractivity contribution >= 4 is 10.0 Å². The second-order valence-electron chi connectivity index (χ2n) is 4.51. The minimum Gasteiger partial charge on any atom is -0.494 e. The Morgan fingerprint density at radius 3 is 2.84 bits per heavy atom. The SMILES string of the molecule is COc1cc(S(=O)(=O)N2CCNC(C)C2)ccc1F. The van der Waals surface area contributed by atoms with Crippen molar-refractivity contribution in [3.05, 3.63) is 24.0 Å². The van der Waals surface area contributed by atoms with Crippen molar-refractivity contribution in [1.82, 2.24) is 9.62 Å². The second-order valence-corrected chi connectivity index (χ2v) is 6.45. The molecular formula is C12H17FN2O3S. The summed E-state index contributed by atoms with van der Waals surface area (Å²) in [5, 5.41) is 3.18. The molecule has 0 radical (unpaired) electrons. The third-order valence-corrected chi connectivity index (χ3v) is 4.95. The lowest BCUT2D eigenvalue weighted by atomic mass is 10.3. The van der Waals surface area contributed by atoms with Crippen molar-refractivity contribution in [2.24, 2.45) is 0 Å². The molecule has 1 atom stereocenters. The Morgan fingerprint density at radius 2 is 2.21 bits per heavy atom. The monoisotopic (exact) mass is 288 g/mol. The molecule has 7 heteroatoms. The number of ether oxygens (including phenoxy) is 1. The van der Waals surface area contributed by atoms with Crippen LogP contribution in [0.15, 0.2) is 23.1 Å². The largest absolute Gasteiger partial charge is 0.494 e. The van der Waals surface area contributed by atoms with Gasteiger partial charge in [0.1, 0.15) is 0 Å². The van der Waals surface area contributed by atoms with E-state index in [-0.39, 0.29) is 16.7 Å². The van der Waals surface area contributed by atoms with Crippen LogP contribution in [0.2, 0.25) is 0 Å². The van der Waals surface area contributed by atoms with Crippen LogP contribution >= 0.6 is 0 Å². The number of hydrogen-bond donors (Lipinski definition) is 1. The maximum Gasteiger partial charge on any atom is 0.243 e. The van der Waals surface area contributed by atoms with Crippen LogP contribution in [0.1, 0.15) is 6.92 Å². The van der Waals surface area contributed by atoms with Gasteiger partial charge in [-0.3, -0.25) is 0 Å². The van der Waals surface area contributed by atoms with Crippen LogP contribution in [-0.2, 0) is 10.0 Å². The fourth-order valence-electron chi connectivity index (χ4n) is 2.06. The molecule has 106 valence electrons. The summed E-state index contributed by atoms with van der Waals surface area (Å²) >= 11 is 0. The first kappa shape index (κ1) is 14.2. The summed E-state index contributed by atoms with van der Waals surface area (Å²) in [5.74, 6) is -0.639. The normalized spacial score (nSPS) is 21.3. The molecule has 1 saturated heterocycles. The van der Waals surface area contributed by atoms with Gasteiger partial charge >= 0.3 is 0 Å². The average Bonchev–Trinajstić information content (AvgIpc) is 2.39. The molecule has 2 rings (SSSR count). The summed E-state index contributed by atoms with van der Waals surface area (Å²) in [6, 6.07) is 3.69. The summed E-state index contributed by atoms with van der Waals surface area (Å²) in [4.78, 5) is 0.0554. The van der Waals surface area contributed by atoms with Gasteiger partial charge in [-0.2, -0.15) is 4.31 Å². The third-order valence-electron chi connectivity index (χ3n) is 3.09. The number of methoxy groups -OCH3 is 1. The van der Waals surface area contributed by atoms with E-state index in [0.717, 1.165) is 6.07 Å². The van der Waals surface area contributed by atoms with E-state index < -0.39 is 15.8 Å². The van der Waals surface area contributed by atoms with Crippen LogP contribution in [-0.4, -0.2) is 45.5 Å². The second kappa shape index (κ2) is 5.44. The number of nitrogens with one attached hydrogen (secondary N) is 1. The molecule has 1 unspecified atom stereocenters. The van der Waals surface area contributed by atoms with E-state index in [4.69, 9.17) is 4.74 Å². The van der Waals surface area contributed by atoms with Crippen molar-refractivity contribution in [2.75, 3.05) is 26.7 Å². The van der Waals surface area contributed by atoms with Crippen LogP contribution in [0.4, 0.5) is 4.39 Å². The lowest BCUT2D eigenvalue weighted by Crippen LogP contribution is -2.51. The van der Waals surface area contributed by atoms with E-state index in [2.05, 4.69) is 5.32 Å². The zero-order valence-electron chi connectivity index (χ0n) is 10.9. The van der Waals surface area contributed by atoms with Crippen molar-refractivity contribution in [2.45, 2.75) is 17.9 Å². The van der Waals surface area contributed by atoms with Gasteiger partial charge in [0.25, 0.3) is 0 Å². The fraction of sp³-hybridized carbons (Fsp3) is 0.500. The van der Waals surface area contributed by atoms with Crippen LogP contribution < -0.4 is 10.1 Å². The molecule has 1 aliphatic heterocycles. The standard InChI is InChI=1S/C12H17FN2O3S/c1-9-8-15(6-5-14-9)19(16,17)10-3-4-11(13)12(7-10)18-2/h3-4,7,9,14H,5-6,8H2,1-2H3. The van der Waals surface area contributed by atoms with Gasteiger partial charge in [-0.05, 0) is 19.1 Å². The molecule has 0 aliphatic carbocycles. The molecule has 1 aliphatic rings. The lowest BCUT2D eigenvalue weighted by molar-refractivity contribution is 0.310. The van der Waals surface area contributed by atoms with Crippen LogP contribution in [0.5, 0.6) is 5.75 Å². The van der Waals surface area contributed by atoms with Gasteiger partial charge in [0.15, 0.2) is 11.6 Å². The molecule has 0 spiro atoms. The summed E-state index contributed by atoms with van der Waals surface area (Å²) < 4.78 is 44.4. The Balaban J connectivity index is 2.33. The van der Waals surface area contributed by atoms with Gasteiger partial charge < -0.3 is 10.1 Å². The van der Waals surface area contributed by atoms with Gasteiger partial charge in [0.05, 0.1) is 12.0 Å². The summed E-state index contributed by atoms with van der Waals surface area (Å²) in [6.45, 7) is 3.35. The molecule has 19 heavy (non-hydrogen) atoms. The first-order chi connectivity index (χ1) is 8.95. The predicted octanol–water partition coefficient (Wildman–Crippen LogP) is 0.817. The molecule has 1 heterocycles. The van der Waals surface area contributed by atoms with E-state index in [0.29, 0.717) is 19.6 Å². The Morgan fingerprint density at radius 1 is 1.47 bits per heavy atom. The highest BCUT2D eigenvalue weighted by atomic mass is 32.2. The molecular weight excluding hydrogens is 271 g/mol. The van der Waals surface area contributed by atoms with Crippen LogP contribution in [0.25, 0.3) is 0 Å². The van der Waals surface area contributed by atoms with E-state index in [9.17, 15) is 12.8 Å². The van der Waals surface area contributed by atoms with E-state index >= 15 is 0 Å². The van der Waals surface area contributed by atoms with E-state index in [1.54, 1.807) is 0 Å². The van der Waals surface area contributed by atoms with Crippen molar-refractivity contribution in [3.8, 4) is 5.75 Å². The molecule has 1 N–H and O–H groups in total. The van der Waals surface area contributed by atoms with E-state index in [1.807, 2.05) is 6.92 Å². The fourth-order valence-corrected chi connectivity index (χ4v) is 3.61. The highest BCUT2D eigenvalue weighted by Gasteiger charge is 2.29. The highest BCUT2D eigenvalue weighted by molar-refractivity contribution is 7.89. The molecule has 0 bridgehead atoms. The van der Waals surface area contributed by atoms with Crippen LogP contribution in [0, 0.1) is 5.82 Å². The highest BCUT2D eigenvalue weighted by Crippen LogP contribution is 2.24. The van der Waals surface area contributed by atoms with Gasteiger partial charge in [-0.15, -0.1) is 0 Å². The Kier molecular flexibility index (Phi) is 4.07. The summed E-state index contributed by atoms with van der Waals surface area (Å²) in [7, 11) is -2.29. The number of hydrogen-bond acceptors (Lipinski definition) is 4. The number of rotatable bonds is 3. The quantitative estimate of drug-likeness (QED) is 0.894. The van der Waals surface area contributed by atoms with Gasteiger partial charge in [-0.1, -0.05) is 0 Å². The van der Waals surface area contributed by atoms with Gasteiger partial charge in [-0.25, -0.2) is 12.8 Å². The number of piperazine rings is 1. The minimum absolute atomic E-state index is 0.0554. The Labute approximate surface area is 112 Å². The van der Waals surface area contributed by atoms with Crippen LogP contribution in [0.3, 0.4) is 0 Å². The maximum absolute atomic E-state index is 13.3. The minimum atomic E-state index is -3.60. The molecule has 5 nitrogen and oxygen atoms in total. The average molecular weight is 288 g/mol. The molecule has 0 aromatic heterocycles. The van der Waals surface area contributed by atoms with Gasteiger partial charge in [0, 0.05) is 31.7 Å².